The molecule has 0 saturated carbocycles. The lowest BCUT2D eigenvalue weighted by Gasteiger charge is -2.05. The van der Waals surface area contributed by atoms with Crippen LogP contribution in [-0.2, 0) is 0 Å². The van der Waals surface area contributed by atoms with Gasteiger partial charge in [-0.15, -0.1) is 0 Å². The lowest BCUT2D eigenvalue weighted by Crippen LogP contribution is -1.94. The highest BCUT2D eigenvalue weighted by Gasteiger charge is 1.98. The molecule has 0 aliphatic rings. The average molecular weight is 158 g/mol. The molecular formula is C10H19F. The molecule has 0 aromatic rings. The van der Waals surface area contributed by atoms with Gasteiger partial charge in [0.25, 0.3) is 0 Å². The fraction of sp³-hybridized carbons (Fsp3) is 0.800. The zero-order chi connectivity index (χ0) is 8.69. The Hall–Kier alpha value is -0.330. The van der Waals surface area contributed by atoms with Crippen molar-refractivity contribution in [2.24, 2.45) is 5.92 Å². The van der Waals surface area contributed by atoms with Gasteiger partial charge in [-0.05, 0) is 39.0 Å². The summed E-state index contributed by atoms with van der Waals surface area (Å²) in [5.74, 6) is 0.538. The van der Waals surface area contributed by atoms with Crippen molar-refractivity contribution < 1.29 is 4.39 Å². The molecule has 0 aromatic heterocycles. The van der Waals surface area contributed by atoms with Crippen LogP contribution in [0.1, 0.15) is 40.0 Å². The van der Waals surface area contributed by atoms with Crippen molar-refractivity contribution in [2.45, 2.75) is 40.0 Å². The van der Waals surface area contributed by atoms with E-state index in [0.29, 0.717) is 5.92 Å². The van der Waals surface area contributed by atoms with Crippen LogP contribution in [0.25, 0.3) is 0 Å². The predicted molar refractivity (Wildman–Crippen MR) is 48.4 cm³/mol. The highest BCUT2D eigenvalue weighted by Crippen LogP contribution is 2.11. The number of rotatable bonds is 5. The van der Waals surface area contributed by atoms with Gasteiger partial charge in [0.05, 0.1) is 6.67 Å². The fourth-order valence-corrected chi connectivity index (χ4v) is 0.987. The molecule has 1 heteroatoms. The van der Waals surface area contributed by atoms with E-state index in [1.54, 1.807) is 0 Å². The van der Waals surface area contributed by atoms with Gasteiger partial charge < -0.3 is 0 Å². The van der Waals surface area contributed by atoms with Crippen molar-refractivity contribution in [1.29, 1.82) is 0 Å². The molecule has 0 aliphatic carbocycles. The van der Waals surface area contributed by atoms with Gasteiger partial charge in [-0.3, -0.25) is 4.39 Å². The molecule has 0 unspecified atom stereocenters. The third-order valence-corrected chi connectivity index (χ3v) is 1.81. The number of hydrogen-bond donors (Lipinski definition) is 0. The lowest BCUT2D eigenvalue weighted by molar-refractivity contribution is 0.391. The van der Waals surface area contributed by atoms with Gasteiger partial charge in [-0.25, -0.2) is 0 Å². The first-order valence-corrected chi connectivity index (χ1v) is 4.36. The Morgan fingerprint density at radius 2 is 2.00 bits per heavy atom. The molecule has 0 saturated heterocycles. The molecular weight excluding hydrogens is 139 g/mol. The largest absolute Gasteiger partial charge is 0.251 e. The summed E-state index contributed by atoms with van der Waals surface area (Å²) in [4.78, 5) is 0. The Morgan fingerprint density at radius 1 is 1.36 bits per heavy atom. The van der Waals surface area contributed by atoms with E-state index in [2.05, 4.69) is 26.8 Å². The van der Waals surface area contributed by atoms with Crippen LogP contribution in [0, 0.1) is 5.92 Å². The Balaban J connectivity index is 3.31. The predicted octanol–water partition coefficient (Wildman–Crippen LogP) is 3.73. The van der Waals surface area contributed by atoms with Crippen molar-refractivity contribution in [3.05, 3.63) is 11.6 Å². The summed E-state index contributed by atoms with van der Waals surface area (Å²) in [6.45, 7) is 6.13. The molecule has 11 heavy (non-hydrogen) atoms. The minimum Gasteiger partial charge on any atom is -0.251 e. The SMILES string of the molecule is CC(C)=CCC[C@@H](C)CCF. The molecule has 0 heterocycles. The first kappa shape index (κ1) is 10.7. The zero-order valence-electron chi connectivity index (χ0n) is 7.86. The van der Waals surface area contributed by atoms with E-state index in [-0.39, 0.29) is 6.67 Å². The van der Waals surface area contributed by atoms with Crippen LogP contribution < -0.4 is 0 Å². The van der Waals surface area contributed by atoms with Crippen LogP contribution in [0.3, 0.4) is 0 Å². The Morgan fingerprint density at radius 3 is 2.45 bits per heavy atom. The van der Waals surface area contributed by atoms with Crippen molar-refractivity contribution in [3.8, 4) is 0 Å². The minimum absolute atomic E-state index is 0.171. The van der Waals surface area contributed by atoms with E-state index in [4.69, 9.17) is 0 Å². The van der Waals surface area contributed by atoms with Crippen LogP contribution in [0.4, 0.5) is 4.39 Å². The molecule has 0 aromatic carbocycles. The number of allylic oxidation sites excluding steroid dienone is 2. The maximum absolute atomic E-state index is 11.8. The second kappa shape index (κ2) is 6.38. The molecule has 0 amide bonds. The topological polar surface area (TPSA) is 0 Å². The van der Waals surface area contributed by atoms with Crippen LogP contribution in [0.15, 0.2) is 11.6 Å². The van der Waals surface area contributed by atoms with Crippen molar-refractivity contribution >= 4 is 0 Å². The van der Waals surface area contributed by atoms with Gasteiger partial charge in [0.2, 0.25) is 0 Å². The van der Waals surface area contributed by atoms with Gasteiger partial charge in [-0.2, -0.15) is 0 Å². The van der Waals surface area contributed by atoms with E-state index >= 15 is 0 Å². The lowest BCUT2D eigenvalue weighted by atomic mass is 10.0. The first-order valence-electron chi connectivity index (χ1n) is 4.36. The minimum atomic E-state index is -0.171. The summed E-state index contributed by atoms with van der Waals surface area (Å²) in [6, 6.07) is 0. The third kappa shape index (κ3) is 7.57. The molecule has 0 rings (SSSR count). The van der Waals surface area contributed by atoms with Crippen LogP contribution in [0.5, 0.6) is 0 Å². The average Bonchev–Trinajstić information content (AvgIpc) is 1.87. The standard InChI is InChI=1S/C10H19F/c1-9(2)5-4-6-10(3)7-8-11/h5,10H,4,6-8H2,1-3H3/t10-/m1/s1. The molecule has 0 bridgehead atoms. The monoisotopic (exact) mass is 158 g/mol. The second-order valence-corrected chi connectivity index (χ2v) is 3.44. The van der Waals surface area contributed by atoms with Gasteiger partial charge >= 0.3 is 0 Å². The summed E-state index contributed by atoms with van der Waals surface area (Å²) in [7, 11) is 0. The number of alkyl halides is 1. The van der Waals surface area contributed by atoms with Gasteiger partial charge in [0.1, 0.15) is 0 Å². The van der Waals surface area contributed by atoms with E-state index in [0.717, 1.165) is 19.3 Å². The molecule has 0 spiro atoms. The van der Waals surface area contributed by atoms with E-state index in [1.165, 1.54) is 5.57 Å². The van der Waals surface area contributed by atoms with Crippen LogP contribution >= 0.6 is 0 Å². The summed E-state index contributed by atoms with van der Waals surface area (Å²) in [6.07, 6.45) is 5.16. The zero-order valence-corrected chi connectivity index (χ0v) is 7.86. The number of hydrogen-bond acceptors (Lipinski definition) is 0. The van der Waals surface area contributed by atoms with Gasteiger partial charge in [0.15, 0.2) is 0 Å². The smallest absolute Gasteiger partial charge is 0.0897 e. The van der Waals surface area contributed by atoms with E-state index in [1.807, 2.05) is 0 Å². The third-order valence-electron chi connectivity index (χ3n) is 1.81. The van der Waals surface area contributed by atoms with Crippen LogP contribution in [-0.4, -0.2) is 6.67 Å². The Kier molecular flexibility index (Phi) is 6.19. The Labute approximate surface area is 69.5 Å². The van der Waals surface area contributed by atoms with Crippen molar-refractivity contribution in [3.63, 3.8) is 0 Å². The first-order chi connectivity index (χ1) is 5.16. The highest BCUT2D eigenvalue weighted by molar-refractivity contribution is 4.92. The summed E-state index contributed by atoms with van der Waals surface area (Å²) in [5.41, 5.74) is 1.36. The fourth-order valence-electron chi connectivity index (χ4n) is 0.987. The van der Waals surface area contributed by atoms with Crippen molar-refractivity contribution in [1.82, 2.24) is 0 Å². The quantitative estimate of drug-likeness (QED) is 0.535. The maximum Gasteiger partial charge on any atom is 0.0897 e. The van der Waals surface area contributed by atoms with E-state index < -0.39 is 0 Å². The highest BCUT2D eigenvalue weighted by atomic mass is 19.1. The van der Waals surface area contributed by atoms with Gasteiger partial charge in [0, 0.05) is 0 Å². The molecule has 66 valence electrons. The molecule has 0 N–H and O–H groups in total. The number of halogens is 1. The van der Waals surface area contributed by atoms with Crippen LogP contribution in [0.2, 0.25) is 0 Å². The Bertz CT molecular complexity index is 112. The summed E-state index contributed by atoms with van der Waals surface area (Å²) in [5, 5.41) is 0. The maximum atomic E-state index is 11.8. The summed E-state index contributed by atoms with van der Waals surface area (Å²) < 4.78 is 11.8. The molecule has 0 aliphatic heterocycles. The second-order valence-electron chi connectivity index (χ2n) is 3.44. The molecule has 0 radical (unpaired) electrons. The molecule has 1 atom stereocenters. The normalized spacial score (nSPS) is 12.7. The van der Waals surface area contributed by atoms with Gasteiger partial charge in [-0.1, -0.05) is 18.6 Å². The molecule has 0 nitrogen and oxygen atoms in total. The molecule has 0 fully saturated rings. The van der Waals surface area contributed by atoms with Crippen molar-refractivity contribution in [2.75, 3.05) is 6.67 Å². The summed E-state index contributed by atoms with van der Waals surface area (Å²) >= 11 is 0. The van der Waals surface area contributed by atoms with E-state index in [9.17, 15) is 4.39 Å².